The summed E-state index contributed by atoms with van der Waals surface area (Å²) in [7, 11) is 0. The molecule has 1 amide bonds. The molecule has 2 aromatic heterocycles. The molecule has 2 heterocycles. The Bertz CT molecular complexity index is 996. The Morgan fingerprint density at radius 2 is 2.21 bits per heavy atom. The second-order valence-electron chi connectivity index (χ2n) is 5.34. The van der Waals surface area contributed by atoms with E-state index in [2.05, 4.69) is 4.98 Å². The standard InChI is InChI=1S/C17H16N4O3/c1-2-20(9-5-8-18)14(22)10-21-11-19-15-12-6-3-4-7-13(12)24-16(15)17(21)23/h3-4,6-7,11H,2,5,9-10H2,1H3. The number of furan rings is 1. The molecule has 0 unspecified atom stereocenters. The Labute approximate surface area is 137 Å². The number of para-hydroxylation sites is 1. The Hall–Kier alpha value is -3.14. The van der Waals surface area contributed by atoms with Crippen molar-refractivity contribution in [3.8, 4) is 6.07 Å². The lowest BCUT2D eigenvalue weighted by Crippen LogP contribution is -2.37. The number of hydrogen-bond donors (Lipinski definition) is 0. The highest BCUT2D eigenvalue weighted by Gasteiger charge is 2.17. The molecule has 0 saturated carbocycles. The normalized spacial score (nSPS) is 10.8. The third-order valence-corrected chi connectivity index (χ3v) is 3.88. The molecule has 0 spiro atoms. The van der Waals surface area contributed by atoms with E-state index >= 15 is 0 Å². The van der Waals surface area contributed by atoms with Gasteiger partial charge in [-0.2, -0.15) is 5.26 Å². The number of hydrogen-bond acceptors (Lipinski definition) is 5. The predicted molar refractivity (Wildman–Crippen MR) is 88.3 cm³/mol. The highest BCUT2D eigenvalue weighted by molar-refractivity contribution is 6.01. The van der Waals surface area contributed by atoms with Crippen LogP contribution < -0.4 is 5.56 Å². The summed E-state index contributed by atoms with van der Waals surface area (Å²) in [6.45, 7) is 2.54. The number of nitrogens with zero attached hydrogens (tertiary/aromatic N) is 4. The predicted octanol–water partition coefficient (Wildman–Crippen LogP) is 1.90. The average Bonchev–Trinajstić information content (AvgIpc) is 2.97. The first kappa shape index (κ1) is 15.7. The molecule has 0 atom stereocenters. The third-order valence-electron chi connectivity index (χ3n) is 3.88. The van der Waals surface area contributed by atoms with Crippen molar-refractivity contribution in [3.05, 3.63) is 40.9 Å². The van der Waals surface area contributed by atoms with Crippen LogP contribution in [0.25, 0.3) is 22.1 Å². The number of carbonyl (C=O) groups excluding carboxylic acids is 1. The minimum Gasteiger partial charge on any atom is -0.448 e. The zero-order valence-electron chi connectivity index (χ0n) is 13.2. The summed E-state index contributed by atoms with van der Waals surface area (Å²) in [4.78, 5) is 30.7. The van der Waals surface area contributed by atoms with Gasteiger partial charge in [-0.1, -0.05) is 12.1 Å². The lowest BCUT2D eigenvalue weighted by atomic mass is 10.2. The molecule has 0 bridgehead atoms. The van der Waals surface area contributed by atoms with Gasteiger partial charge < -0.3 is 9.32 Å². The molecule has 7 heteroatoms. The van der Waals surface area contributed by atoms with Gasteiger partial charge >= 0.3 is 0 Å². The Kier molecular flexibility index (Phi) is 4.29. The van der Waals surface area contributed by atoms with Gasteiger partial charge in [0.05, 0.1) is 18.8 Å². The van der Waals surface area contributed by atoms with Crippen molar-refractivity contribution in [3.63, 3.8) is 0 Å². The Balaban J connectivity index is 1.94. The minimum atomic E-state index is -0.388. The summed E-state index contributed by atoms with van der Waals surface area (Å²) in [6.07, 6.45) is 1.62. The fourth-order valence-corrected chi connectivity index (χ4v) is 2.62. The Morgan fingerprint density at radius 1 is 1.42 bits per heavy atom. The van der Waals surface area contributed by atoms with Crippen LogP contribution in [-0.2, 0) is 11.3 Å². The maximum absolute atomic E-state index is 12.6. The first-order chi connectivity index (χ1) is 11.7. The number of rotatable bonds is 5. The van der Waals surface area contributed by atoms with Crippen LogP contribution in [0.1, 0.15) is 13.3 Å². The van der Waals surface area contributed by atoms with Crippen molar-refractivity contribution in [2.75, 3.05) is 13.1 Å². The third kappa shape index (κ3) is 2.74. The summed E-state index contributed by atoms with van der Waals surface area (Å²) >= 11 is 0. The van der Waals surface area contributed by atoms with E-state index in [0.29, 0.717) is 24.2 Å². The van der Waals surface area contributed by atoms with Crippen LogP contribution >= 0.6 is 0 Å². The lowest BCUT2D eigenvalue weighted by Gasteiger charge is -2.19. The number of aromatic nitrogens is 2. The smallest absolute Gasteiger partial charge is 0.297 e. The van der Waals surface area contributed by atoms with E-state index in [-0.39, 0.29) is 30.0 Å². The highest BCUT2D eigenvalue weighted by atomic mass is 16.3. The van der Waals surface area contributed by atoms with Crippen LogP contribution in [0.3, 0.4) is 0 Å². The molecular weight excluding hydrogens is 308 g/mol. The summed E-state index contributed by atoms with van der Waals surface area (Å²) in [5.41, 5.74) is 0.842. The van der Waals surface area contributed by atoms with E-state index in [0.717, 1.165) is 5.39 Å². The molecular formula is C17H16N4O3. The van der Waals surface area contributed by atoms with Crippen LogP contribution in [0.4, 0.5) is 0 Å². The molecule has 3 rings (SSSR count). The van der Waals surface area contributed by atoms with Crippen LogP contribution in [-0.4, -0.2) is 33.4 Å². The van der Waals surface area contributed by atoms with Gasteiger partial charge in [0.15, 0.2) is 0 Å². The summed E-state index contributed by atoms with van der Waals surface area (Å²) in [5, 5.41) is 9.42. The van der Waals surface area contributed by atoms with E-state index in [1.165, 1.54) is 10.9 Å². The first-order valence-electron chi connectivity index (χ1n) is 7.67. The van der Waals surface area contributed by atoms with Crippen molar-refractivity contribution in [2.24, 2.45) is 0 Å². The molecule has 0 N–H and O–H groups in total. The van der Waals surface area contributed by atoms with Crippen molar-refractivity contribution in [2.45, 2.75) is 19.9 Å². The molecule has 0 fully saturated rings. The summed E-state index contributed by atoms with van der Waals surface area (Å²) in [6, 6.07) is 9.29. The fourth-order valence-electron chi connectivity index (χ4n) is 2.62. The van der Waals surface area contributed by atoms with E-state index in [1.807, 2.05) is 31.2 Å². The molecule has 3 aromatic rings. The van der Waals surface area contributed by atoms with Gasteiger partial charge in [0.2, 0.25) is 11.5 Å². The number of nitriles is 1. The number of benzene rings is 1. The van der Waals surface area contributed by atoms with Crippen molar-refractivity contribution < 1.29 is 9.21 Å². The van der Waals surface area contributed by atoms with Gasteiger partial charge in [-0.3, -0.25) is 14.2 Å². The zero-order chi connectivity index (χ0) is 17.1. The quantitative estimate of drug-likeness (QED) is 0.715. The molecule has 0 saturated heterocycles. The van der Waals surface area contributed by atoms with Crippen molar-refractivity contribution >= 4 is 28.0 Å². The largest absolute Gasteiger partial charge is 0.448 e. The van der Waals surface area contributed by atoms with Gasteiger partial charge in [0.1, 0.15) is 17.6 Å². The maximum atomic E-state index is 12.6. The molecule has 0 aliphatic rings. The van der Waals surface area contributed by atoms with E-state index < -0.39 is 0 Å². The number of fused-ring (bicyclic) bond motifs is 3. The fraction of sp³-hybridized carbons (Fsp3) is 0.294. The van der Waals surface area contributed by atoms with E-state index in [4.69, 9.17) is 9.68 Å². The molecule has 122 valence electrons. The van der Waals surface area contributed by atoms with E-state index in [9.17, 15) is 9.59 Å². The summed E-state index contributed by atoms with van der Waals surface area (Å²) < 4.78 is 6.83. The van der Waals surface area contributed by atoms with Crippen LogP contribution in [0.5, 0.6) is 0 Å². The first-order valence-corrected chi connectivity index (χ1v) is 7.67. The van der Waals surface area contributed by atoms with Gasteiger partial charge in [-0.15, -0.1) is 0 Å². The maximum Gasteiger partial charge on any atom is 0.297 e. The number of carbonyl (C=O) groups is 1. The Morgan fingerprint density at radius 3 is 2.96 bits per heavy atom. The molecule has 1 aromatic carbocycles. The zero-order valence-corrected chi connectivity index (χ0v) is 13.2. The van der Waals surface area contributed by atoms with E-state index in [1.54, 1.807) is 11.0 Å². The van der Waals surface area contributed by atoms with Gasteiger partial charge in [0, 0.05) is 18.5 Å². The van der Waals surface area contributed by atoms with Gasteiger partial charge in [-0.05, 0) is 19.1 Å². The second kappa shape index (κ2) is 6.54. The topological polar surface area (TPSA) is 92.1 Å². The van der Waals surface area contributed by atoms with Crippen LogP contribution in [0, 0.1) is 11.3 Å². The van der Waals surface area contributed by atoms with Crippen LogP contribution in [0.15, 0.2) is 39.8 Å². The van der Waals surface area contributed by atoms with Crippen molar-refractivity contribution in [1.29, 1.82) is 5.26 Å². The molecule has 24 heavy (non-hydrogen) atoms. The second-order valence-corrected chi connectivity index (χ2v) is 5.34. The number of likely N-dealkylation sites (N-methyl/N-ethyl adjacent to an activating group) is 1. The van der Waals surface area contributed by atoms with Gasteiger partial charge in [0.25, 0.3) is 5.56 Å². The average molecular weight is 324 g/mol. The monoisotopic (exact) mass is 324 g/mol. The highest BCUT2D eigenvalue weighted by Crippen LogP contribution is 2.23. The molecule has 0 aliphatic heterocycles. The molecule has 0 radical (unpaired) electrons. The number of amides is 1. The lowest BCUT2D eigenvalue weighted by molar-refractivity contribution is -0.131. The summed E-state index contributed by atoms with van der Waals surface area (Å²) in [5.74, 6) is -0.230. The van der Waals surface area contributed by atoms with Gasteiger partial charge in [-0.25, -0.2) is 4.98 Å². The molecule has 0 aliphatic carbocycles. The SMILES string of the molecule is CCN(CCC#N)C(=O)Cn1cnc2c(oc3ccccc32)c1=O. The molecule has 7 nitrogen and oxygen atoms in total. The van der Waals surface area contributed by atoms with Crippen molar-refractivity contribution in [1.82, 2.24) is 14.5 Å². The minimum absolute atomic E-state index is 0.127. The van der Waals surface area contributed by atoms with Crippen LogP contribution in [0.2, 0.25) is 0 Å².